The number of aromatic carboxylic acids is 1. The van der Waals surface area contributed by atoms with Gasteiger partial charge in [-0.1, -0.05) is 41.4 Å². The highest BCUT2D eigenvalue weighted by Crippen LogP contribution is 2.26. The highest BCUT2D eigenvalue weighted by Gasteiger charge is 2.12. The summed E-state index contributed by atoms with van der Waals surface area (Å²) in [5, 5.41) is 13.8. The van der Waals surface area contributed by atoms with Gasteiger partial charge in [0.2, 0.25) is 0 Å². The number of halogens is 2. The van der Waals surface area contributed by atoms with E-state index in [1.807, 2.05) is 35.0 Å². The molecule has 32 heavy (non-hydrogen) atoms. The number of hydrogen-bond donors (Lipinski definition) is 2. The number of anilines is 1. The number of nitrogens with zero attached hydrogens (tertiary/aromatic N) is 1. The molecule has 2 N–H and O–H groups in total. The summed E-state index contributed by atoms with van der Waals surface area (Å²) in [6.07, 6.45) is 1.89. The first-order valence-electron chi connectivity index (χ1n) is 9.68. The molecule has 8 heteroatoms. The minimum atomic E-state index is -0.953. The standard InChI is InChI=1S/C24H18Cl2N2O4/c25-17-5-7-21(20(26)12-17)27-23(29)14-32-18-6-8-22-15(11-18)9-10-28(22)13-16-3-1-2-4-19(16)24(30)31/h1-12H,13-14H2,(H,27,29)(H,30,31). The molecule has 0 fully saturated rings. The molecule has 4 rings (SSSR count). The van der Waals surface area contributed by atoms with E-state index in [9.17, 15) is 14.7 Å². The number of benzene rings is 3. The van der Waals surface area contributed by atoms with Gasteiger partial charge >= 0.3 is 5.97 Å². The van der Waals surface area contributed by atoms with Crippen molar-refractivity contribution in [3.63, 3.8) is 0 Å². The summed E-state index contributed by atoms with van der Waals surface area (Å²) in [5.41, 5.74) is 2.38. The van der Waals surface area contributed by atoms with Crippen molar-refractivity contribution in [1.29, 1.82) is 0 Å². The van der Waals surface area contributed by atoms with Gasteiger partial charge in [0.1, 0.15) is 5.75 Å². The maximum absolute atomic E-state index is 12.2. The van der Waals surface area contributed by atoms with Crippen LogP contribution in [0.2, 0.25) is 10.0 Å². The highest BCUT2D eigenvalue weighted by molar-refractivity contribution is 6.36. The Bertz CT molecular complexity index is 1320. The molecule has 162 valence electrons. The predicted molar refractivity (Wildman–Crippen MR) is 125 cm³/mol. The van der Waals surface area contributed by atoms with E-state index in [0.29, 0.717) is 28.0 Å². The van der Waals surface area contributed by atoms with Crippen LogP contribution in [0, 0.1) is 0 Å². The number of carbonyl (C=O) groups excluding carboxylic acids is 1. The van der Waals surface area contributed by atoms with E-state index in [2.05, 4.69) is 5.32 Å². The van der Waals surface area contributed by atoms with E-state index in [0.717, 1.165) is 16.5 Å². The van der Waals surface area contributed by atoms with Crippen molar-refractivity contribution in [1.82, 2.24) is 4.57 Å². The van der Waals surface area contributed by atoms with Gasteiger partial charge in [-0.3, -0.25) is 4.79 Å². The van der Waals surface area contributed by atoms with Gasteiger partial charge in [-0.2, -0.15) is 0 Å². The van der Waals surface area contributed by atoms with Crippen molar-refractivity contribution in [2.75, 3.05) is 11.9 Å². The molecule has 0 bridgehead atoms. The van der Waals surface area contributed by atoms with Gasteiger partial charge in [-0.05, 0) is 54.1 Å². The average Bonchev–Trinajstić information content (AvgIpc) is 3.16. The number of hydrogen-bond acceptors (Lipinski definition) is 3. The third-order valence-corrected chi connectivity index (χ3v) is 5.45. The Labute approximate surface area is 193 Å². The van der Waals surface area contributed by atoms with E-state index in [4.69, 9.17) is 27.9 Å². The van der Waals surface area contributed by atoms with Crippen molar-refractivity contribution < 1.29 is 19.4 Å². The molecule has 0 unspecified atom stereocenters. The fourth-order valence-corrected chi connectivity index (χ4v) is 3.84. The van der Waals surface area contributed by atoms with Gasteiger partial charge in [-0.25, -0.2) is 4.79 Å². The molecule has 1 heterocycles. The Morgan fingerprint density at radius 3 is 2.59 bits per heavy atom. The van der Waals surface area contributed by atoms with E-state index in [1.165, 1.54) is 0 Å². The topological polar surface area (TPSA) is 80.6 Å². The van der Waals surface area contributed by atoms with Crippen LogP contribution in [0.4, 0.5) is 5.69 Å². The summed E-state index contributed by atoms with van der Waals surface area (Å²) in [6, 6.07) is 19.1. The highest BCUT2D eigenvalue weighted by atomic mass is 35.5. The van der Waals surface area contributed by atoms with Gasteiger partial charge in [-0.15, -0.1) is 0 Å². The third-order valence-electron chi connectivity index (χ3n) is 4.91. The normalized spacial score (nSPS) is 10.8. The first-order valence-corrected chi connectivity index (χ1v) is 10.4. The zero-order valence-corrected chi connectivity index (χ0v) is 18.2. The predicted octanol–water partition coefficient (Wildman–Crippen LogP) is 5.71. The first-order chi connectivity index (χ1) is 15.4. The van der Waals surface area contributed by atoms with E-state index in [-0.39, 0.29) is 18.1 Å². The average molecular weight is 469 g/mol. The van der Waals surface area contributed by atoms with Crippen molar-refractivity contribution in [3.05, 3.63) is 94.1 Å². The monoisotopic (exact) mass is 468 g/mol. The molecule has 4 aromatic rings. The molecule has 3 aromatic carbocycles. The fraction of sp³-hybridized carbons (Fsp3) is 0.0833. The Morgan fingerprint density at radius 2 is 1.81 bits per heavy atom. The van der Waals surface area contributed by atoms with E-state index in [1.54, 1.807) is 42.5 Å². The Morgan fingerprint density at radius 1 is 1.00 bits per heavy atom. The lowest BCUT2D eigenvalue weighted by Gasteiger charge is -2.10. The quantitative estimate of drug-likeness (QED) is 0.363. The summed E-state index contributed by atoms with van der Waals surface area (Å²) in [6.45, 7) is 0.244. The van der Waals surface area contributed by atoms with Crippen LogP contribution in [0.15, 0.2) is 72.9 Å². The number of amides is 1. The molecule has 0 aliphatic carbocycles. The molecule has 0 saturated carbocycles. The lowest BCUT2D eigenvalue weighted by molar-refractivity contribution is -0.118. The van der Waals surface area contributed by atoms with Gasteiger partial charge in [0.15, 0.2) is 6.61 Å². The van der Waals surface area contributed by atoms with Gasteiger partial charge in [0.05, 0.1) is 16.3 Å². The number of aromatic nitrogens is 1. The maximum Gasteiger partial charge on any atom is 0.336 e. The van der Waals surface area contributed by atoms with E-state index >= 15 is 0 Å². The summed E-state index contributed by atoms with van der Waals surface area (Å²) in [4.78, 5) is 23.7. The summed E-state index contributed by atoms with van der Waals surface area (Å²) < 4.78 is 7.59. The maximum atomic E-state index is 12.2. The molecule has 0 aliphatic rings. The fourth-order valence-electron chi connectivity index (χ4n) is 3.38. The molecule has 0 aliphatic heterocycles. The summed E-state index contributed by atoms with van der Waals surface area (Å²) in [7, 11) is 0. The number of nitrogens with one attached hydrogen (secondary N) is 1. The number of carbonyl (C=O) groups is 2. The number of rotatable bonds is 7. The molecule has 0 atom stereocenters. The minimum Gasteiger partial charge on any atom is -0.484 e. The molecule has 1 aromatic heterocycles. The van der Waals surface area contributed by atoms with Crippen LogP contribution in [0.25, 0.3) is 10.9 Å². The summed E-state index contributed by atoms with van der Waals surface area (Å²) in [5.74, 6) is -0.762. The molecule has 0 saturated heterocycles. The Kier molecular flexibility index (Phi) is 6.35. The largest absolute Gasteiger partial charge is 0.484 e. The van der Waals surface area contributed by atoms with Crippen LogP contribution in [-0.2, 0) is 11.3 Å². The zero-order valence-electron chi connectivity index (χ0n) is 16.7. The van der Waals surface area contributed by atoms with Crippen LogP contribution in [0.1, 0.15) is 15.9 Å². The van der Waals surface area contributed by atoms with Gasteiger partial charge < -0.3 is 19.7 Å². The number of fused-ring (bicyclic) bond motifs is 1. The minimum absolute atomic E-state index is 0.183. The number of carboxylic acid groups (broad SMARTS) is 1. The number of ether oxygens (including phenoxy) is 1. The second-order valence-corrected chi connectivity index (χ2v) is 7.93. The molecule has 0 radical (unpaired) electrons. The molecular weight excluding hydrogens is 451 g/mol. The van der Waals surface area contributed by atoms with Crippen molar-refractivity contribution in [2.24, 2.45) is 0 Å². The Hall–Kier alpha value is -3.48. The Balaban J connectivity index is 1.44. The van der Waals surface area contributed by atoms with Crippen LogP contribution in [-0.4, -0.2) is 28.2 Å². The van der Waals surface area contributed by atoms with Crippen LogP contribution in [0.3, 0.4) is 0 Å². The SMILES string of the molecule is O=C(COc1ccc2c(ccn2Cc2ccccc2C(=O)O)c1)Nc1ccc(Cl)cc1Cl. The van der Waals surface area contributed by atoms with Crippen molar-refractivity contribution in [3.8, 4) is 5.75 Å². The third kappa shape index (κ3) is 4.88. The molecule has 0 spiro atoms. The van der Waals surface area contributed by atoms with Gasteiger partial charge in [0.25, 0.3) is 5.91 Å². The molecular formula is C24H18Cl2N2O4. The van der Waals surface area contributed by atoms with Crippen LogP contribution < -0.4 is 10.1 Å². The second kappa shape index (κ2) is 9.34. The summed E-state index contributed by atoms with van der Waals surface area (Å²) >= 11 is 11.9. The lowest BCUT2D eigenvalue weighted by atomic mass is 10.1. The van der Waals surface area contributed by atoms with Gasteiger partial charge in [0, 0.05) is 28.7 Å². The first kappa shape index (κ1) is 21.7. The number of carboxylic acids is 1. The lowest BCUT2D eigenvalue weighted by Crippen LogP contribution is -2.20. The second-order valence-electron chi connectivity index (χ2n) is 7.09. The van der Waals surface area contributed by atoms with Crippen LogP contribution in [0.5, 0.6) is 5.75 Å². The molecule has 6 nitrogen and oxygen atoms in total. The van der Waals surface area contributed by atoms with E-state index < -0.39 is 5.97 Å². The van der Waals surface area contributed by atoms with Crippen LogP contribution >= 0.6 is 23.2 Å². The van der Waals surface area contributed by atoms with Crippen molar-refractivity contribution in [2.45, 2.75) is 6.54 Å². The van der Waals surface area contributed by atoms with Crippen molar-refractivity contribution >= 4 is 51.7 Å². The molecule has 1 amide bonds. The smallest absolute Gasteiger partial charge is 0.336 e. The zero-order chi connectivity index (χ0) is 22.7.